The minimum absolute atomic E-state index is 0.0187. The molecule has 0 atom stereocenters. The molecule has 0 unspecified atom stereocenters. The molecular formula is C24H25ClF3N5O3. The van der Waals surface area contributed by atoms with Gasteiger partial charge in [0.25, 0.3) is 5.91 Å². The lowest BCUT2D eigenvalue weighted by molar-refractivity contribution is -0.158. The van der Waals surface area contributed by atoms with Crippen LogP contribution < -0.4 is 0 Å². The van der Waals surface area contributed by atoms with Crippen LogP contribution in [0.4, 0.5) is 18.0 Å². The first-order valence-corrected chi connectivity index (χ1v) is 12.4. The van der Waals surface area contributed by atoms with Gasteiger partial charge in [-0.3, -0.25) is 14.3 Å². The number of amides is 2. The normalized spacial score (nSPS) is 21.4. The molecule has 36 heavy (non-hydrogen) atoms. The van der Waals surface area contributed by atoms with Crippen molar-refractivity contribution in [2.45, 2.75) is 56.5 Å². The van der Waals surface area contributed by atoms with Gasteiger partial charge in [0.2, 0.25) is 0 Å². The van der Waals surface area contributed by atoms with Gasteiger partial charge in [-0.2, -0.15) is 0 Å². The zero-order valence-corrected chi connectivity index (χ0v) is 20.2. The van der Waals surface area contributed by atoms with Crippen molar-refractivity contribution in [3.05, 3.63) is 40.4 Å². The molecule has 1 aromatic heterocycles. The number of hydrogen-bond donors (Lipinski definition) is 0. The van der Waals surface area contributed by atoms with Crippen molar-refractivity contribution in [3.63, 3.8) is 0 Å². The fraction of sp³-hybridized carbons (Fsp3) is 0.583. The molecule has 8 nitrogen and oxygen atoms in total. The fourth-order valence-corrected chi connectivity index (χ4v) is 5.88. The van der Waals surface area contributed by atoms with Crippen molar-refractivity contribution >= 4 is 23.6 Å². The van der Waals surface area contributed by atoms with Crippen LogP contribution in [0.2, 0.25) is 5.02 Å². The number of halogens is 4. The van der Waals surface area contributed by atoms with Crippen LogP contribution in [0.1, 0.15) is 48.8 Å². The summed E-state index contributed by atoms with van der Waals surface area (Å²) in [6.07, 6.45) is -0.0579. The molecule has 3 fully saturated rings. The van der Waals surface area contributed by atoms with Crippen molar-refractivity contribution in [2.24, 2.45) is 5.41 Å². The van der Waals surface area contributed by atoms with Crippen molar-refractivity contribution in [3.8, 4) is 5.69 Å². The molecule has 1 spiro atoms. The topological polar surface area (TPSA) is 80.6 Å². The molecule has 6 rings (SSSR count). The van der Waals surface area contributed by atoms with Crippen LogP contribution in [-0.4, -0.2) is 74.8 Å². The van der Waals surface area contributed by atoms with Gasteiger partial charge in [0.1, 0.15) is 19.2 Å². The van der Waals surface area contributed by atoms with E-state index in [1.165, 1.54) is 4.90 Å². The molecule has 4 aliphatic rings. The zero-order valence-electron chi connectivity index (χ0n) is 19.4. The number of ether oxygens (including phenoxy) is 1. The summed E-state index contributed by atoms with van der Waals surface area (Å²) in [6.45, 7) is -0.937. The van der Waals surface area contributed by atoms with Crippen molar-refractivity contribution in [1.29, 1.82) is 0 Å². The molecule has 0 bridgehead atoms. The second-order valence-electron chi connectivity index (χ2n) is 10.5. The van der Waals surface area contributed by atoms with E-state index >= 15 is 0 Å². The Bertz CT molecular complexity index is 1220. The summed E-state index contributed by atoms with van der Waals surface area (Å²) in [5.41, 5.74) is -0.156. The third-order valence-corrected chi connectivity index (χ3v) is 7.97. The lowest BCUT2D eigenvalue weighted by Gasteiger charge is -2.59. The number of likely N-dealkylation sites (tertiary alicyclic amines) is 1. The Morgan fingerprint density at radius 3 is 2.50 bits per heavy atom. The number of benzene rings is 1. The van der Waals surface area contributed by atoms with Gasteiger partial charge in [0, 0.05) is 29.4 Å². The van der Waals surface area contributed by atoms with Crippen LogP contribution in [0.25, 0.3) is 5.69 Å². The van der Waals surface area contributed by atoms with E-state index in [-0.39, 0.29) is 30.3 Å². The molecule has 2 saturated carbocycles. The first kappa shape index (κ1) is 23.6. The average Bonchev–Trinajstić information content (AvgIpc) is 3.48. The summed E-state index contributed by atoms with van der Waals surface area (Å²) in [5, 5.41) is 9.25. The summed E-state index contributed by atoms with van der Waals surface area (Å²) in [5.74, 6) is 0.954. The Labute approximate surface area is 210 Å². The predicted octanol–water partition coefficient (Wildman–Crippen LogP) is 3.89. The van der Waals surface area contributed by atoms with Gasteiger partial charge in [-0.1, -0.05) is 11.6 Å². The maximum Gasteiger partial charge on any atom is 0.410 e. The van der Waals surface area contributed by atoms with Gasteiger partial charge >= 0.3 is 6.09 Å². The van der Waals surface area contributed by atoms with Crippen LogP contribution in [0.3, 0.4) is 0 Å². The number of rotatable bonds is 5. The average molecular weight is 524 g/mol. The molecular weight excluding hydrogens is 499 g/mol. The number of carbonyl (C=O) groups is 2. The Morgan fingerprint density at radius 1 is 1.11 bits per heavy atom. The number of hydrogen-bond acceptors (Lipinski definition) is 5. The van der Waals surface area contributed by atoms with Crippen LogP contribution in [-0.2, 0) is 22.6 Å². The highest BCUT2D eigenvalue weighted by atomic mass is 35.5. The third kappa shape index (κ3) is 3.82. The molecule has 192 valence electrons. The standard InChI is InChI=1S/C24H25ClF3N5O3/c25-16-1-2-18-14(5-16)10-31(22(35)36-17(8-26)9-27)11-19-29-30-20(33(18)19)15-6-23(7-15)12-32(13-23)21(34)24(28)3-4-24/h1-2,5,15,17H,3-4,6-13H2. The maximum atomic E-state index is 14.1. The van der Waals surface area contributed by atoms with Crippen LogP contribution >= 0.6 is 11.6 Å². The Balaban J connectivity index is 1.22. The fourth-order valence-electron chi connectivity index (χ4n) is 5.68. The second-order valence-corrected chi connectivity index (χ2v) is 10.9. The Morgan fingerprint density at radius 2 is 1.83 bits per heavy atom. The number of nitrogens with zero attached hydrogens (tertiary/aromatic N) is 5. The van der Waals surface area contributed by atoms with Gasteiger partial charge in [0.05, 0.1) is 18.8 Å². The minimum Gasteiger partial charge on any atom is -0.440 e. The van der Waals surface area contributed by atoms with E-state index in [0.717, 1.165) is 29.9 Å². The Hall–Kier alpha value is -2.82. The van der Waals surface area contributed by atoms with Crippen molar-refractivity contribution < 1.29 is 27.5 Å². The summed E-state index contributed by atoms with van der Waals surface area (Å²) in [4.78, 5) is 27.9. The van der Waals surface area contributed by atoms with Crippen molar-refractivity contribution in [2.75, 3.05) is 26.4 Å². The largest absolute Gasteiger partial charge is 0.440 e. The minimum atomic E-state index is -1.64. The van der Waals surface area contributed by atoms with E-state index in [9.17, 15) is 22.8 Å². The van der Waals surface area contributed by atoms with Crippen molar-refractivity contribution in [1.82, 2.24) is 24.6 Å². The van der Waals surface area contributed by atoms with E-state index in [2.05, 4.69) is 10.2 Å². The highest BCUT2D eigenvalue weighted by Gasteiger charge is 2.60. The van der Waals surface area contributed by atoms with E-state index in [4.69, 9.17) is 16.3 Å². The molecule has 2 amide bonds. The molecule has 1 saturated heterocycles. The smallest absolute Gasteiger partial charge is 0.410 e. The van der Waals surface area contributed by atoms with E-state index in [0.29, 0.717) is 36.8 Å². The quantitative estimate of drug-likeness (QED) is 0.594. The van der Waals surface area contributed by atoms with Gasteiger partial charge in [-0.15, -0.1) is 10.2 Å². The van der Waals surface area contributed by atoms with Crippen LogP contribution in [0.15, 0.2) is 18.2 Å². The van der Waals surface area contributed by atoms with Crippen LogP contribution in [0, 0.1) is 5.41 Å². The molecule has 2 aliphatic carbocycles. The molecule has 2 aliphatic heterocycles. The van der Waals surface area contributed by atoms with Gasteiger partial charge < -0.3 is 9.64 Å². The number of aromatic nitrogens is 3. The van der Waals surface area contributed by atoms with E-state index < -0.39 is 31.2 Å². The summed E-state index contributed by atoms with van der Waals surface area (Å²) >= 11 is 6.23. The molecule has 12 heteroatoms. The van der Waals surface area contributed by atoms with Gasteiger partial charge in [-0.05, 0) is 49.4 Å². The second kappa shape index (κ2) is 8.36. The highest BCUT2D eigenvalue weighted by molar-refractivity contribution is 6.30. The lowest BCUT2D eigenvalue weighted by atomic mass is 9.57. The summed E-state index contributed by atoms with van der Waals surface area (Å²) < 4.78 is 46.9. The highest BCUT2D eigenvalue weighted by Crippen LogP contribution is 2.57. The van der Waals surface area contributed by atoms with Gasteiger partial charge in [0.15, 0.2) is 17.6 Å². The summed E-state index contributed by atoms with van der Waals surface area (Å²) in [7, 11) is 0. The monoisotopic (exact) mass is 523 g/mol. The zero-order chi connectivity index (χ0) is 25.2. The predicted molar refractivity (Wildman–Crippen MR) is 122 cm³/mol. The maximum absolute atomic E-state index is 14.1. The third-order valence-electron chi connectivity index (χ3n) is 7.74. The van der Waals surface area contributed by atoms with Crippen LogP contribution in [0.5, 0.6) is 0 Å². The molecule has 3 heterocycles. The molecule has 2 aromatic rings. The summed E-state index contributed by atoms with van der Waals surface area (Å²) in [6, 6.07) is 5.32. The molecule has 0 N–H and O–H groups in total. The van der Waals surface area contributed by atoms with E-state index in [1.807, 2.05) is 10.6 Å². The lowest BCUT2D eigenvalue weighted by Crippen LogP contribution is -2.64. The van der Waals surface area contributed by atoms with E-state index in [1.54, 1.807) is 17.0 Å². The van der Waals surface area contributed by atoms with Gasteiger partial charge in [-0.25, -0.2) is 18.0 Å². The first-order valence-electron chi connectivity index (χ1n) is 12.0. The number of alkyl halides is 3. The number of fused-ring (bicyclic) bond motifs is 3. The molecule has 0 radical (unpaired) electrons. The Kier molecular flexibility index (Phi) is 5.47. The molecule has 1 aromatic carbocycles. The SMILES string of the molecule is O=C(OC(CF)CF)N1Cc2cc(Cl)ccc2-n2c(nnc2C2CC3(C2)CN(C(=O)C2(F)CC2)C3)C1. The number of carbonyl (C=O) groups excluding carboxylic acids is 2. The first-order chi connectivity index (χ1) is 17.2.